The highest BCUT2D eigenvalue weighted by molar-refractivity contribution is 5.55. The van der Waals surface area contributed by atoms with E-state index in [1.54, 1.807) is 0 Å². The Morgan fingerprint density at radius 2 is 1.88 bits per heavy atom. The van der Waals surface area contributed by atoms with Crippen LogP contribution >= 0.6 is 0 Å². The fraction of sp³-hybridized carbons (Fsp3) is 0.538. The van der Waals surface area contributed by atoms with E-state index in [4.69, 9.17) is 11.5 Å². The van der Waals surface area contributed by atoms with Crippen LogP contribution in [0.3, 0.4) is 0 Å². The Kier molecular flexibility index (Phi) is 3.67. The first kappa shape index (κ1) is 11.3. The minimum absolute atomic E-state index is 0.811. The van der Waals surface area contributed by atoms with Crippen molar-refractivity contribution in [3.63, 3.8) is 0 Å². The van der Waals surface area contributed by atoms with Crippen molar-refractivity contribution in [3.05, 3.63) is 23.8 Å². The van der Waals surface area contributed by atoms with E-state index in [0.29, 0.717) is 0 Å². The highest BCUT2D eigenvalue weighted by Gasteiger charge is 2.10. The molecule has 1 aromatic carbocycles. The summed E-state index contributed by atoms with van der Waals surface area (Å²) >= 11 is 0. The molecule has 1 fully saturated rings. The van der Waals surface area contributed by atoms with Gasteiger partial charge in [-0.2, -0.15) is 0 Å². The zero-order chi connectivity index (χ0) is 11.4. The van der Waals surface area contributed by atoms with Crippen LogP contribution in [-0.4, -0.2) is 24.5 Å². The zero-order valence-electron chi connectivity index (χ0n) is 9.78. The van der Waals surface area contributed by atoms with E-state index in [-0.39, 0.29) is 0 Å². The summed E-state index contributed by atoms with van der Waals surface area (Å²) in [5.41, 5.74) is 14.5. The number of nitrogens with two attached hydrogens (primary N) is 2. The lowest BCUT2D eigenvalue weighted by atomic mass is 10.1. The van der Waals surface area contributed by atoms with E-state index >= 15 is 0 Å². The van der Waals surface area contributed by atoms with Crippen LogP contribution in [-0.2, 0) is 6.42 Å². The highest BCUT2D eigenvalue weighted by atomic mass is 15.1. The average Bonchev–Trinajstić information content (AvgIpc) is 2.76. The highest BCUT2D eigenvalue weighted by Crippen LogP contribution is 2.18. The van der Waals surface area contributed by atoms with Gasteiger partial charge in [-0.15, -0.1) is 0 Å². The minimum atomic E-state index is 0.811. The summed E-state index contributed by atoms with van der Waals surface area (Å²) in [4.78, 5) is 2.53. The number of hydrogen-bond acceptors (Lipinski definition) is 3. The van der Waals surface area contributed by atoms with E-state index in [1.165, 1.54) is 44.5 Å². The molecule has 0 aliphatic carbocycles. The Hall–Kier alpha value is -1.22. The number of nitrogen functional groups attached to an aromatic ring is 2. The van der Waals surface area contributed by atoms with Crippen molar-refractivity contribution < 1.29 is 0 Å². The van der Waals surface area contributed by atoms with E-state index < -0.39 is 0 Å². The molecule has 3 nitrogen and oxygen atoms in total. The number of hydrogen-bond donors (Lipinski definition) is 2. The summed E-state index contributed by atoms with van der Waals surface area (Å²) in [6.07, 6.45) is 4.93. The first-order valence-corrected chi connectivity index (χ1v) is 6.12. The molecule has 1 aliphatic rings. The van der Waals surface area contributed by atoms with Crippen molar-refractivity contribution >= 4 is 11.4 Å². The van der Waals surface area contributed by atoms with E-state index in [0.717, 1.165) is 17.8 Å². The first-order valence-electron chi connectivity index (χ1n) is 6.12. The lowest BCUT2D eigenvalue weighted by Crippen LogP contribution is -2.20. The van der Waals surface area contributed by atoms with Gasteiger partial charge in [0.15, 0.2) is 0 Å². The quantitative estimate of drug-likeness (QED) is 0.760. The summed E-state index contributed by atoms with van der Waals surface area (Å²) in [7, 11) is 0. The van der Waals surface area contributed by atoms with Crippen LogP contribution in [0.4, 0.5) is 11.4 Å². The molecule has 1 heterocycles. The molecule has 1 aromatic rings. The Morgan fingerprint density at radius 1 is 1.12 bits per heavy atom. The molecule has 0 saturated carbocycles. The number of aryl methyl sites for hydroxylation is 1. The van der Waals surface area contributed by atoms with E-state index in [1.807, 2.05) is 18.2 Å². The molecule has 0 amide bonds. The average molecular weight is 219 g/mol. The molecule has 88 valence electrons. The molecule has 0 unspecified atom stereocenters. The summed E-state index contributed by atoms with van der Waals surface area (Å²) in [5, 5.41) is 0. The molecular weight excluding hydrogens is 198 g/mol. The predicted molar refractivity (Wildman–Crippen MR) is 69.3 cm³/mol. The van der Waals surface area contributed by atoms with Crippen LogP contribution in [0.5, 0.6) is 0 Å². The number of likely N-dealkylation sites (tertiary alicyclic amines) is 1. The monoisotopic (exact) mass is 219 g/mol. The maximum atomic E-state index is 5.91. The lowest BCUT2D eigenvalue weighted by molar-refractivity contribution is 0.334. The SMILES string of the molecule is Nc1ccc(N)c(CCCN2CCCC2)c1. The van der Waals surface area contributed by atoms with Crippen molar-refractivity contribution in [3.8, 4) is 0 Å². The molecule has 3 heteroatoms. The van der Waals surface area contributed by atoms with Gasteiger partial charge < -0.3 is 16.4 Å². The van der Waals surface area contributed by atoms with E-state index in [2.05, 4.69) is 4.90 Å². The number of anilines is 2. The van der Waals surface area contributed by atoms with Gasteiger partial charge in [0.2, 0.25) is 0 Å². The fourth-order valence-electron chi connectivity index (χ4n) is 2.34. The van der Waals surface area contributed by atoms with Crippen LogP contribution in [0, 0.1) is 0 Å². The fourth-order valence-corrected chi connectivity index (χ4v) is 2.34. The van der Waals surface area contributed by atoms with Gasteiger partial charge in [-0.1, -0.05) is 0 Å². The molecule has 1 saturated heterocycles. The van der Waals surface area contributed by atoms with Gasteiger partial charge >= 0.3 is 0 Å². The first-order chi connectivity index (χ1) is 7.75. The summed E-state index contributed by atoms with van der Waals surface area (Å²) in [6.45, 7) is 3.73. The largest absolute Gasteiger partial charge is 0.399 e. The standard InChI is InChI=1S/C13H21N3/c14-12-5-6-13(15)11(10-12)4-3-9-16-7-1-2-8-16/h5-6,10H,1-4,7-9,14-15H2. The molecule has 1 aliphatic heterocycles. The summed E-state index contributed by atoms with van der Waals surface area (Å²) < 4.78 is 0. The third-order valence-electron chi connectivity index (χ3n) is 3.29. The smallest absolute Gasteiger partial charge is 0.0348 e. The molecule has 2 rings (SSSR count). The van der Waals surface area contributed by atoms with Gasteiger partial charge in [0, 0.05) is 11.4 Å². The summed E-state index contributed by atoms with van der Waals surface area (Å²) in [5.74, 6) is 0. The van der Waals surface area contributed by atoms with Crippen LogP contribution < -0.4 is 11.5 Å². The predicted octanol–water partition coefficient (Wildman–Crippen LogP) is 1.88. The van der Waals surface area contributed by atoms with Crippen LogP contribution in [0.2, 0.25) is 0 Å². The molecule has 0 bridgehead atoms. The topological polar surface area (TPSA) is 55.3 Å². The second-order valence-electron chi connectivity index (χ2n) is 4.61. The normalized spacial score (nSPS) is 16.8. The maximum absolute atomic E-state index is 5.91. The second-order valence-corrected chi connectivity index (χ2v) is 4.61. The Morgan fingerprint density at radius 3 is 2.62 bits per heavy atom. The minimum Gasteiger partial charge on any atom is -0.399 e. The van der Waals surface area contributed by atoms with Crippen molar-refractivity contribution in [1.82, 2.24) is 4.90 Å². The molecular formula is C13H21N3. The third kappa shape index (κ3) is 2.89. The number of rotatable bonds is 4. The van der Waals surface area contributed by atoms with Crippen LogP contribution in [0.1, 0.15) is 24.8 Å². The van der Waals surface area contributed by atoms with Crippen LogP contribution in [0.25, 0.3) is 0 Å². The van der Waals surface area contributed by atoms with Gasteiger partial charge in [-0.05, 0) is 69.1 Å². The molecule has 0 spiro atoms. The Bertz CT molecular complexity index is 343. The zero-order valence-corrected chi connectivity index (χ0v) is 9.78. The Labute approximate surface area is 97.4 Å². The number of nitrogens with zero attached hydrogens (tertiary/aromatic N) is 1. The Balaban J connectivity index is 1.82. The van der Waals surface area contributed by atoms with Crippen LogP contribution in [0.15, 0.2) is 18.2 Å². The third-order valence-corrected chi connectivity index (χ3v) is 3.29. The van der Waals surface area contributed by atoms with E-state index in [9.17, 15) is 0 Å². The molecule has 4 N–H and O–H groups in total. The van der Waals surface area contributed by atoms with Crippen molar-refractivity contribution in [2.24, 2.45) is 0 Å². The van der Waals surface area contributed by atoms with Gasteiger partial charge in [0.05, 0.1) is 0 Å². The van der Waals surface area contributed by atoms with Gasteiger partial charge in [-0.3, -0.25) is 0 Å². The molecule has 16 heavy (non-hydrogen) atoms. The van der Waals surface area contributed by atoms with Crippen molar-refractivity contribution in [2.75, 3.05) is 31.1 Å². The second kappa shape index (κ2) is 5.21. The lowest BCUT2D eigenvalue weighted by Gasteiger charge is -2.14. The maximum Gasteiger partial charge on any atom is 0.0348 e. The van der Waals surface area contributed by atoms with Crippen molar-refractivity contribution in [1.29, 1.82) is 0 Å². The molecule has 0 radical (unpaired) electrons. The van der Waals surface area contributed by atoms with Gasteiger partial charge in [0.1, 0.15) is 0 Å². The van der Waals surface area contributed by atoms with Gasteiger partial charge in [0.25, 0.3) is 0 Å². The summed E-state index contributed by atoms with van der Waals surface area (Å²) in [6, 6.07) is 5.76. The van der Waals surface area contributed by atoms with Gasteiger partial charge in [-0.25, -0.2) is 0 Å². The van der Waals surface area contributed by atoms with Crippen molar-refractivity contribution in [2.45, 2.75) is 25.7 Å². The molecule has 0 atom stereocenters. The number of benzene rings is 1. The molecule has 0 aromatic heterocycles.